The Labute approximate surface area is 87.1 Å². The Morgan fingerprint density at radius 1 is 1.47 bits per heavy atom. The number of hydrogen-bond acceptors (Lipinski definition) is 1. The van der Waals surface area contributed by atoms with Crippen molar-refractivity contribution < 1.29 is 9.18 Å². The molecule has 2 aromatic rings. The molecule has 15 heavy (non-hydrogen) atoms. The maximum Gasteiger partial charge on any atom is 0.130 e. The third-order valence-electron chi connectivity index (χ3n) is 2.48. The second kappa shape index (κ2) is 3.85. The molecule has 0 saturated carbocycles. The topological polar surface area (TPSA) is 32.9 Å². The van der Waals surface area contributed by atoms with Gasteiger partial charge in [-0.3, -0.25) is 0 Å². The van der Waals surface area contributed by atoms with Crippen molar-refractivity contribution in [2.45, 2.75) is 19.8 Å². The summed E-state index contributed by atoms with van der Waals surface area (Å²) in [5.74, 6) is -0.0751. The summed E-state index contributed by atoms with van der Waals surface area (Å²) in [7, 11) is 0. The summed E-state index contributed by atoms with van der Waals surface area (Å²) in [5.41, 5.74) is 1.86. The third-order valence-corrected chi connectivity index (χ3v) is 2.48. The molecule has 0 saturated heterocycles. The maximum atomic E-state index is 12.9. The van der Waals surface area contributed by atoms with E-state index in [0.717, 1.165) is 16.5 Å². The number of hydrogen-bond donors (Lipinski definition) is 1. The lowest BCUT2D eigenvalue weighted by molar-refractivity contribution is -0.116. The molecule has 2 rings (SSSR count). The molecule has 0 fully saturated rings. The van der Waals surface area contributed by atoms with E-state index < -0.39 is 0 Å². The molecule has 2 nitrogen and oxygen atoms in total. The van der Waals surface area contributed by atoms with Gasteiger partial charge >= 0.3 is 0 Å². The van der Waals surface area contributed by atoms with Crippen LogP contribution in [0.5, 0.6) is 0 Å². The van der Waals surface area contributed by atoms with Crippen molar-refractivity contribution in [2.75, 3.05) is 0 Å². The molecule has 0 bridgehead atoms. The van der Waals surface area contributed by atoms with Crippen LogP contribution in [0.1, 0.15) is 18.9 Å². The molecule has 1 aromatic heterocycles. The first-order valence-corrected chi connectivity index (χ1v) is 4.92. The number of carbonyl (C=O) groups is 1. The van der Waals surface area contributed by atoms with Gasteiger partial charge in [0, 0.05) is 23.5 Å². The van der Waals surface area contributed by atoms with Crippen LogP contribution in [0.15, 0.2) is 24.4 Å². The summed E-state index contributed by atoms with van der Waals surface area (Å²) in [6.07, 6.45) is 3.08. The van der Waals surface area contributed by atoms with E-state index in [0.29, 0.717) is 12.8 Å². The van der Waals surface area contributed by atoms with E-state index in [1.165, 1.54) is 12.1 Å². The zero-order valence-electron chi connectivity index (χ0n) is 8.51. The van der Waals surface area contributed by atoms with Gasteiger partial charge in [0.1, 0.15) is 11.6 Å². The Bertz CT molecular complexity index is 501. The number of nitrogens with one attached hydrogen (secondary N) is 1. The third kappa shape index (κ3) is 2.06. The molecule has 0 aliphatic rings. The average molecular weight is 205 g/mol. The largest absolute Gasteiger partial charge is 0.361 e. The van der Waals surface area contributed by atoms with Gasteiger partial charge in [0.15, 0.2) is 0 Å². The van der Waals surface area contributed by atoms with Crippen LogP contribution in [0.3, 0.4) is 0 Å². The van der Waals surface area contributed by atoms with Gasteiger partial charge in [-0.1, -0.05) is 0 Å². The highest BCUT2D eigenvalue weighted by molar-refractivity contribution is 5.84. The van der Waals surface area contributed by atoms with E-state index >= 15 is 0 Å². The van der Waals surface area contributed by atoms with E-state index in [4.69, 9.17) is 0 Å². The second-order valence-corrected chi connectivity index (χ2v) is 3.71. The molecule has 0 unspecified atom stereocenters. The molecule has 3 heteroatoms. The standard InChI is InChI=1S/C12H12FNO/c1-8(15)2-3-9-7-14-12-6-10(13)4-5-11(9)12/h4-7,14H,2-3H2,1H3. The fourth-order valence-corrected chi connectivity index (χ4v) is 1.68. The van der Waals surface area contributed by atoms with Crippen molar-refractivity contribution in [3.63, 3.8) is 0 Å². The van der Waals surface area contributed by atoms with Crippen LogP contribution in [0, 0.1) is 5.82 Å². The summed E-state index contributed by atoms with van der Waals surface area (Å²) in [4.78, 5) is 13.9. The summed E-state index contributed by atoms with van der Waals surface area (Å²) in [5, 5.41) is 0.998. The van der Waals surface area contributed by atoms with Crippen LogP contribution in [0.2, 0.25) is 0 Å². The van der Waals surface area contributed by atoms with Gasteiger partial charge < -0.3 is 9.78 Å². The van der Waals surface area contributed by atoms with Crippen molar-refractivity contribution in [2.24, 2.45) is 0 Å². The molecule has 0 atom stereocenters. The average Bonchev–Trinajstić information content (AvgIpc) is 2.57. The highest BCUT2D eigenvalue weighted by Crippen LogP contribution is 2.20. The number of rotatable bonds is 3. The maximum absolute atomic E-state index is 12.9. The predicted molar refractivity (Wildman–Crippen MR) is 57.3 cm³/mol. The molecule has 1 aromatic carbocycles. The van der Waals surface area contributed by atoms with Crippen molar-refractivity contribution >= 4 is 16.7 Å². The summed E-state index contributed by atoms with van der Waals surface area (Å²) < 4.78 is 12.9. The van der Waals surface area contributed by atoms with Crippen LogP contribution >= 0.6 is 0 Å². The molecular formula is C12H12FNO. The number of Topliss-reactive ketones (excluding diaryl/α,β-unsaturated/α-hetero) is 1. The lowest BCUT2D eigenvalue weighted by Gasteiger charge is -1.96. The number of ketones is 1. The Balaban J connectivity index is 2.32. The van der Waals surface area contributed by atoms with Crippen LogP contribution in [-0.2, 0) is 11.2 Å². The molecule has 1 N–H and O–H groups in total. The number of fused-ring (bicyclic) bond motifs is 1. The fourth-order valence-electron chi connectivity index (χ4n) is 1.68. The molecule has 0 aliphatic carbocycles. The lowest BCUT2D eigenvalue weighted by atomic mass is 10.1. The number of benzene rings is 1. The summed E-state index contributed by atoms with van der Waals surface area (Å²) in [6.45, 7) is 1.58. The van der Waals surface area contributed by atoms with Crippen LogP contribution in [0.25, 0.3) is 10.9 Å². The van der Waals surface area contributed by atoms with Gasteiger partial charge in [0.2, 0.25) is 0 Å². The lowest BCUT2D eigenvalue weighted by Crippen LogP contribution is -1.92. The van der Waals surface area contributed by atoms with E-state index in [2.05, 4.69) is 4.98 Å². The Hall–Kier alpha value is -1.64. The molecule has 0 amide bonds. The van der Waals surface area contributed by atoms with E-state index in [1.54, 1.807) is 13.0 Å². The zero-order valence-corrected chi connectivity index (χ0v) is 8.51. The first kappa shape index (κ1) is 9.90. The normalized spacial score (nSPS) is 10.8. The van der Waals surface area contributed by atoms with Gasteiger partial charge in [-0.2, -0.15) is 0 Å². The molecule has 78 valence electrons. The number of aromatic amines is 1. The van der Waals surface area contributed by atoms with E-state index in [-0.39, 0.29) is 11.6 Å². The van der Waals surface area contributed by atoms with E-state index in [1.807, 2.05) is 6.20 Å². The highest BCUT2D eigenvalue weighted by Gasteiger charge is 2.05. The summed E-state index contributed by atoms with van der Waals surface area (Å²) >= 11 is 0. The minimum Gasteiger partial charge on any atom is -0.361 e. The monoisotopic (exact) mass is 205 g/mol. The number of aromatic nitrogens is 1. The number of H-pyrrole nitrogens is 1. The zero-order chi connectivity index (χ0) is 10.8. The van der Waals surface area contributed by atoms with E-state index in [9.17, 15) is 9.18 Å². The molecule has 0 spiro atoms. The quantitative estimate of drug-likeness (QED) is 0.821. The first-order valence-electron chi connectivity index (χ1n) is 4.92. The van der Waals surface area contributed by atoms with Crippen LogP contribution < -0.4 is 0 Å². The second-order valence-electron chi connectivity index (χ2n) is 3.71. The molecular weight excluding hydrogens is 193 g/mol. The van der Waals surface area contributed by atoms with Crippen molar-refractivity contribution in [1.29, 1.82) is 0 Å². The summed E-state index contributed by atoms with van der Waals surface area (Å²) in [6, 6.07) is 4.65. The van der Waals surface area contributed by atoms with Gasteiger partial charge in [-0.15, -0.1) is 0 Å². The molecule has 1 heterocycles. The van der Waals surface area contributed by atoms with Crippen molar-refractivity contribution in [3.05, 3.63) is 35.8 Å². The number of halogens is 1. The minimum atomic E-state index is -0.248. The van der Waals surface area contributed by atoms with Gasteiger partial charge in [0.25, 0.3) is 0 Å². The van der Waals surface area contributed by atoms with Gasteiger partial charge in [-0.05, 0) is 37.1 Å². The van der Waals surface area contributed by atoms with Crippen LogP contribution in [-0.4, -0.2) is 10.8 Å². The number of aryl methyl sites for hydroxylation is 1. The van der Waals surface area contributed by atoms with Gasteiger partial charge in [-0.25, -0.2) is 4.39 Å². The molecule has 0 radical (unpaired) electrons. The fraction of sp³-hybridized carbons (Fsp3) is 0.250. The number of carbonyl (C=O) groups excluding carboxylic acids is 1. The Kier molecular flexibility index (Phi) is 2.54. The Morgan fingerprint density at radius 3 is 3.00 bits per heavy atom. The highest BCUT2D eigenvalue weighted by atomic mass is 19.1. The van der Waals surface area contributed by atoms with Crippen LogP contribution in [0.4, 0.5) is 4.39 Å². The SMILES string of the molecule is CC(=O)CCc1c[nH]c2cc(F)ccc12. The minimum absolute atomic E-state index is 0.173. The van der Waals surface area contributed by atoms with Crippen molar-refractivity contribution in [3.8, 4) is 0 Å². The predicted octanol–water partition coefficient (Wildman–Crippen LogP) is 2.83. The van der Waals surface area contributed by atoms with Crippen molar-refractivity contribution in [1.82, 2.24) is 4.98 Å². The smallest absolute Gasteiger partial charge is 0.130 e. The Morgan fingerprint density at radius 2 is 2.27 bits per heavy atom. The first-order chi connectivity index (χ1) is 7.16. The molecule has 0 aliphatic heterocycles. The van der Waals surface area contributed by atoms with Gasteiger partial charge in [0.05, 0.1) is 0 Å².